The molecule has 2 aromatic rings. The van der Waals surface area contributed by atoms with Crippen LogP contribution >= 0.6 is 0 Å². The van der Waals surface area contributed by atoms with Crippen molar-refractivity contribution in [2.75, 3.05) is 26.3 Å². The fourth-order valence-corrected chi connectivity index (χ4v) is 5.70. The third-order valence-corrected chi connectivity index (χ3v) is 7.36. The van der Waals surface area contributed by atoms with E-state index in [2.05, 4.69) is 47.4 Å². The SMILES string of the molecule is O=C(O)C1(N2CCC(C3c4ccccc4COc4ccccc43)CC2)CCOCC1. The number of likely N-dealkylation sites (tertiary alicyclic amines) is 1. The van der Waals surface area contributed by atoms with Crippen molar-refractivity contribution < 1.29 is 19.4 Å². The zero-order valence-corrected chi connectivity index (χ0v) is 17.3. The molecule has 1 N–H and O–H groups in total. The summed E-state index contributed by atoms with van der Waals surface area (Å²) in [6, 6.07) is 17.0. The van der Waals surface area contributed by atoms with Crippen molar-refractivity contribution in [3.63, 3.8) is 0 Å². The normalized spacial score (nSPS) is 24.2. The minimum Gasteiger partial charge on any atom is -0.489 e. The summed E-state index contributed by atoms with van der Waals surface area (Å²) in [5.74, 6) is 1.05. The van der Waals surface area contributed by atoms with E-state index in [0.29, 0.717) is 38.6 Å². The summed E-state index contributed by atoms with van der Waals surface area (Å²) in [6.07, 6.45) is 3.14. The molecular formula is C25H29NO4. The molecule has 3 heterocycles. The number of carbonyl (C=O) groups is 1. The Morgan fingerprint density at radius 3 is 2.37 bits per heavy atom. The van der Waals surface area contributed by atoms with Crippen LogP contribution in [0.15, 0.2) is 48.5 Å². The van der Waals surface area contributed by atoms with Gasteiger partial charge >= 0.3 is 5.97 Å². The van der Waals surface area contributed by atoms with Crippen molar-refractivity contribution in [2.45, 2.75) is 43.7 Å². The molecule has 5 rings (SSSR count). The molecule has 0 aliphatic carbocycles. The zero-order valence-electron chi connectivity index (χ0n) is 17.3. The summed E-state index contributed by atoms with van der Waals surface area (Å²) < 4.78 is 11.6. The van der Waals surface area contributed by atoms with Crippen LogP contribution in [0.5, 0.6) is 5.75 Å². The molecule has 158 valence electrons. The number of piperidine rings is 1. The van der Waals surface area contributed by atoms with Gasteiger partial charge in [0.05, 0.1) is 0 Å². The first-order chi connectivity index (χ1) is 14.7. The lowest BCUT2D eigenvalue weighted by atomic mass is 9.74. The number of rotatable bonds is 3. The Kier molecular flexibility index (Phi) is 5.25. The molecule has 5 nitrogen and oxygen atoms in total. The summed E-state index contributed by atoms with van der Waals surface area (Å²) in [5.41, 5.74) is 3.12. The van der Waals surface area contributed by atoms with Gasteiger partial charge in [-0.25, -0.2) is 0 Å². The van der Waals surface area contributed by atoms with E-state index in [1.807, 2.05) is 6.07 Å². The molecule has 2 saturated heterocycles. The summed E-state index contributed by atoms with van der Waals surface area (Å²) in [4.78, 5) is 14.4. The predicted molar refractivity (Wildman–Crippen MR) is 114 cm³/mol. The largest absolute Gasteiger partial charge is 0.489 e. The number of aliphatic carboxylic acids is 1. The van der Waals surface area contributed by atoms with Gasteiger partial charge in [-0.2, -0.15) is 0 Å². The molecule has 3 aliphatic rings. The number of hydrogen-bond donors (Lipinski definition) is 1. The molecular weight excluding hydrogens is 378 g/mol. The summed E-state index contributed by atoms with van der Waals surface area (Å²) in [6.45, 7) is 3.31. The van der Waals surface area contributed by atoms with Crippen molar-refractivity contribution >= 4 is 5.97 Å². The topological polar surface area (TPSA) is 59.0 Å². The molecule has 0 amide bonds. The van der Waals surface area contributed by atoms with Crippen molar-refractivity contribution in [2.24, 2.45) is 5.92 Å². The highest BCUT2D eigenvalue weighted by molar-refractivity contribution is 5.79. The van der Waals surface area contributed by atoms with E-state index in [0.717, 1.165) is 31.7 Å². The number of fused-ring (bicyclic) bond motifs is 2. The number of benzene rings is 2. The lowest BCUT2D eigenvalue weighted by Crippen LogP contribution is -2.59. The molecule has 0 aromatic heterocycles. The van der Waals surface area contributed by atoms with Crippen LogP contribution in [-0.4, -0.2) is 47.8 Å². The smallest absolute Gasteiger partial charge is 0.324 e. The van der Waals surface area contributed by atoms with Crippen LogP contribution in [0.2, 0.25) is 0 Å². The number of ether oxygens (including phenoxy) is 2. The molecule has 5 heteroatoms. The first-order valence-corrected chi connectivity index (χ1v) is 11.0. The summed E-state index contributed by atoms with van der Waals surface area (Å²) in [5, 5.41) is 10.0. The fraction of sp³-hybridized carbons (Fsp3) is 0.480. The number of hydrogen-bond acceptors (Lipinski definition) is 4. The lowest BCUT2D eigenvalue weighted by Gasteiger charge is -2.47. The minimum atomic E-state index is -0.758. The molecule has 2 fully saturated rings. The van der Waals surface area contributed by atoms with Crippen molar-refractivity contribution in [1.29, 1.82) is 0 Å². The van der Waals surface area contributed by atoms with Gasteiger partial charge in [-0.15, -0.1) is 0 Å². The van der Waals surface area contributed by atoms with Gasteiger partial charge in [0.1, 0.15) is 17.9 Å². The van der Waals surface area contributed by atoms with Gasteiger partial charge < -0.3 is 14.6 Å². The predicted octanol–water partition coefficient (Wildman–Crippen LogP) is 4.06. The van der Waals surface area contributed by atoms with Gasteiger partial charge in [-0.1, -0.05) is 42.5 Å². The van der Waals surface area contributed by atoms with Crippen molar-refractivity contribution in [3.8, 4) is 5.75 Å². The second-order valence-corrected chi connectivity index (χ2v) is 8.78. The molecule has 2 aromatic carbocycles. The third-order valence-electron chi connectivity index (χ3n) is 7.36. The van der Waals surface area contributed by atoms with Gasteiger partial charge in [0.25, 0.3) is 0 Å². The van der Waals surface area contributed by atoms with Crippen LogP contribution in [0.1, 0.15) is 48.3 Å². The lowest BCUT2D eigenvalue weighted by molar-refractivity contribution is -0.160. The monoisotopic (exact) mass is 407 g/mol. The fourth-order valence-electron chi connectivity index (χ4n) is 5.70. The Bertz CT molecular complexity index is 865. The van der Waals surface area contributed by atoms with Gasteiger partial charge in [0.2, 0.25) is 0 Å². The first kappa shape index (κ1) is 19.6. The average Bonchev–Trinajstić information content (AvgIpc) is 2.96. The second-order valence-electron chi connectivity index (χ2n) is 8.78. The highest BCUT2D eigenvalue weighted by Crippen LogP contribution is 2.46. The van der Waals surface area contributed by atoms with E-state index in [-0.39, 0.29) is 5.92 Å². The van der Waals surface area contributed by atoms with Crippen LogP contribution in [-0.2, 0) is 16.1 Å². The maximum atomic E-state index is 12.2. The summed E-state index contributed by atoms with van der Waals surface area (Å²) >= 11 is 0. The van der Waals surface area contributed by atoms with Crippen LogP contribution < -0.4 is 4.74 Å². The Labute approximate surface area is 177 Å². The molecule has 1 unspecified atom stereocenters. The zero-order chi connectivity index (χ0) is 20.6. The molecule has 0 bridgehead atoms. The molecule has 0 spiro atoms. The Hall–Kier alpha value is -2.37. The Morgan fingerprint density at radius 2 is 1.63 bits per heavy atom. The molecule has 0 radical (unpaired) electrons. The van der Waals surface area contributed by atoms with E-state index in [9.17, 15) is 9.90 Å². The number of carboxylic acids is 1. The maximum absolute atomic E-state index is 12.2. The Morgan fingerprint density at radius 1 is 0.967 bits per heavy atom. The van der Waals surface area contributed by atoms with Crippen molar-refractivity contribution in [3.05, 3.63) is 65.2 Å². The highest BCUT2D eigenvalue weighted by atomic mass is 16.5. The first-order valence-electron chi connectivity index (χ1n) is 11.0. The van der Waals surface area contributed by atoms with Crippen LogP contribution in [0, 0.1) is 5.92 Å². The molecule has 3 aliphatic heterocycles. The molecule has 1 atom stereocenters. The average molecular weight is 408 g/mol. The Balaban J connectivity index is 1.43. The molecule has 0 saturated carbocycles. The van der Waals surface area contributed by atoms with Crippen LogP contribution in [0.3, 0.4) is 0 Å². The van der Waals surface area contributed by atoms with Crippen LogP contribution in [0.4, 0.5) is 0 Å². The minimum absolute atomic E-state index is 0.289. The maximum Gasteiger partial charge on any atom is 0.324 e. The number of nitrogens with zero attached hydrogens (tertiary/aromatic N) is 1. The van der Waals surface area contributed by atoms with E-state index in [1.165, 1.54) is 16.7 Å². The van der Waals surface area contributed by atoms with Gasteiger partial charge in [0.15, 0.2) is 0 Å². The highest BCUT2D eigenvalue weighted by Gasteiger charge is 2.47. The second kappa shape index (κ2) is 8.05. The van der Waals surface area contributed by atoms with E-state index >= 15 is 0 Å². The molecule has 30 heavy (non-hydrogen) atoms. The number of carboxylic acid groups (broad SMARTS) is 1. The van der Waals surface area contributed by atoms with Gasteiger partial charge in [-0.3, -0.25) is 9.69 Å². The standard InChI is InChI=1S/C25H29NO4/c27-24(28)25(11-15-29-16-12-25)26-13-9-18(10-14-26)23-20-6-2-1-5-19(20)17-30-22-8-4-3-7-21(22)23/h1-8,18,23H,9-17H2,(H,27,28). The van der Waals surface area contributed by atoms with Gasteiger partial charge in [-0.05, 0) is 61.9 Å². The number of para-hydroxylation sites is 1. The van der Waals surface area contributed by atoms with E-state index < -0.39 is 11.5 Å². The van der Waals surface area contributed by atoms with E-state index in [4.69, 9.17) is 9.47 Å². The third kappa shape index (κ3) is 3.30. The quantitative estimate of drug-likeness (QED) is 0.832. The van der Waals surface area contributed by atoms with Crippen molar-refractivity contribution in [1.82, 2.24) is 4.90 Å². The van der Waals surface area contributed by atoms with Gasteiger partial charge in [0, 0.05) is 24.7 Å². The van der Waals surface area contributed by atoms with E-state index in [1.54, 1.807) is 0 Å². The van der Waals surface area contributed by atoms with Crippen LogP contribution in [0.25, 0.3) is 0 Å². The summed E-state index contributed by atoms with van der Waals surface area (Å²) in [7, 11) is 0.